The summed E-state index contributed by atoms with van der Waals surface area (Å²) >= 11 is 5.62. The number of aliphatic hydroxyl groups is 1. The van der Waals surface area contributed by atoms with Gasteiger partial charge in [0.25, 0.3) is 0 Å². The third-order valence-electron chi connectivity index (χ3n) is 2.46. The fourth-order valence-corrected chi connectivity index (χ4v) is 1.73. The zero-order valence-electron chi connectivity index (χ0n) is 10.4. The lowest BCUT2D eigenvalue weighted by Crippen LogP contribution is -2.19. The zero-order chi connectivity index (χ0) is 14.5. The molecule has 0 spiro atoms. The highest BCUT2D eigenvalue weighted by atomic mass is 35.5. The van der Waals surface area contributed by atoms with Crippen molar-refractivity contribution in [1.82, 2.24) is 15.0 Å². The largest absolute Gasteiger partial charge is 0.396 e. The van der Waals surface area contributed by atoms with E-state index in [1.54, 1.807) is 6.20 Å². The van der Waals surface area contributed by atoms with Crippen LogP contribution in [-0.2, 0) is 17.8 Å². The first kappa shape index (κ1) is 14.4. The maximum absolute atomic E-state index is 13.5. The molecule has 2 rings (SSSR count). The first-order valence-corrected chi connectivity index (χ1v) is 6.21. The van der Waals surface area contributed by atoms with E-state index >= 15 is 0 Å². The van der Waals surface area contributed by atoms with E-state index in [4.69, 9.17) is 16.7 Å². The summed E-state index contributed by atoms with van der Waals surface area (Å²) in [4.78, 5) is 11.7. The van der Waals surface area contributed by atoms with Crippen LogP contribution in [-0.4, -0.2) is 32.6 Å². The van der Waals surface area contributed by atoms with Crippen molar-refractivity contribution in [3.8, 4) is 0 Å². The first-order chi connectivity index (χ1) is 9.58. The fourth-order valence-electron chi connectivity index (χ4n) is 1.57. The van der Waals surface area contributed by atoms with Gasteiger partial charge >= 0.3 is 0 Å². The molecular formula is C12H12ClFN4O2. The molecule has 0 aliphatic heterocycles. The van der Waals surface area contributed by atoms with Crippen LogP contribution in [0.3, 0.4) is 0 Å². The number of amides is 1. The molecule has 0 unspecified atom stereocenters. The lowest BCUT2D eigenvalue weighted by atomic mass is 10.3. The van der Waals surface area contributed by atoms with Gasteiger partial charge in [0.2, 0.25) is 5.91 Å². The molecule has 0 bridgehead atoms. The van der Waals surface area contributed by atoms with Crippen molar-refractivity contribution in [2.75, 3.05) is 11.9 Å². The maximum atomic E-state index is 13.5. The molecule has 0 radical (unpaired) electrons. The Balaban J connectivity index is 1.97. The van der Waals surface area contributed by atoms with Crippen LogP contribution in [0.2, 0.25) is 5.02 Å². The van der Waals surface area contributed by atoms with Gasteiger partial charge in [0.05, 0.1) is 11.4 Å². The van der Waals surface area contributed by atoms with E-state index in [2.05, 4.69) is 15.6 Å². The molecule has 106 valence electrons. The monoisotopic (exact) mass is 298 g/mol. The van der Waals surface area contributed by atoms with Gasteiger partial charge in [0, 0.05) is 24.2 Å². The standard InChI is InChI=1S/C12H12ClFN4O2/c13-8-1-2-11(10(14)5-8)15-12(20)7-18-6-9(3-4-19)16-17-18/h1-2,5-6,19H,3-4,7H2,(H,15,20). The van der Waals surface area contributed by atoms with Crippen LogP contribution in [0.15, 0.2) is 24.4 Å². The van der Waals surface area contributed by atoms with Crippen LogP contribution in [0.5, 0.6) is 0 Å². The Morgan fingerprint density at radius 3 is 3.00 bits per heavy atom. The molecule has 0 saturated heterocycles. The molecule has 0 fully saturated rings. The lowest BCUT2D eigenvalue weighted by Gasteiger charge is -2.06. The number of hydrogen-bond acceptors (Lipinski definition) is 4. The maximum Gasteiger partial charge on any atom is 0.246 e. The fraction of sp³-hybridized carbons (Fsp3) is 0.250. The van der Waals surface area contributed by atoms with Crippen molar-refractivity contribution in [3.63, 3.8) is 0 Å². The summed E-state index contributed by atoms with van der Waals surface area (Å²) in [6.07, 6.45) is 1.92. The molecule has 0 atom stereocenters. The number of hydrogen-bond donors (Lipinski definition) is 2. The van der Waals surface area contributed by atoms with Gasteiger partial charge in [-0.3, -0.25) is 4.79 Å². The topological polar surface area (TPSA) is 80.0 Å². The molecule has 0 aliphatic carbocycles. The number of carbonyl (C=O) groups excluding carboxylic acids is 1. The average molecular weight is 299 g/mol. The van der Waals surface area contributed by atoms with Crippen LogP contribution < -0.4 is 5.32 Å². The second-order valence-corrected chi connectivity index (χ2v) is 4.49. The molecule has 2 aromatic rings. The van der Waals surface area contributed by atoms with Gasteiger partial charge < -0.3 is 10.4 Å². The van der Waals surface area contributed by atoms with Crippen LogP contribution in [0.1, 0.15) is 5.69 Å². The molecule has 20 heavy (non-hydrogen) atoms. The minimum absolute atomic E-state index is 0.0408. The average Bonchev–Trinajstić information content (AvgIpc) is 2.81. The van der Waals surface area contributed by atoms with E-state index in [-0.39, 0.29) is 23.9 Å². The van der Waals surface area contributed by atoms with Crippen LogP contribution in [0.4, 0.5) is 10.1 Å². The SMILES string of the molecule is O=C(Cn1cc(CCO)nn1)Nc1ccc(Cl)cc1F. The molecule has 1 amide bonds. The number of rotatable bonds is 5. The summed E-state index contributed by atoms with van der Waals surface area (Å²) in [5, 5.41) is 18.9. The molecule has 1 aromatic carbocycles. The third-order valence-corrected chi connectivity index (χ3v) is 2.70. The Kier molecular flexibility index (Phi) is 4.65. The van der Waals surface area contributed by atoms with Crippen molar-refractivity contribution < 1.29 is 14.3 Å². The Morgan fingerprint density at radius 2 is 2.30 bits per heavy atom. The minimum Gasteiger partial charge on any atom is -0.396 e. The van der Waals surface area contributed by atoms with Crippen molar-refractivity contribution in [2.24, 2.45) is 0 Å². The molecule has 1 heterocycles. The second-order valence-electron chi connectivity index (χ2n) is 4.05. The normalized spacial score (nSPS) is 10.6. The summed E-state index contributed by atoms with van der Waals surface area (Å²) in [6.45, 7) is -0.138. The number of nitrogens with one attached hydrogen (secondary N) is 1. The molecular weight excluding hydrogens is 287 g/mol. The van der Waals surface area contributed by atoms with Gasteiger partial charge in [-0.1, -0.05) is 16.8 Å². The number of carbonyl (C=O) groups is 1. The van der Waals surface area contributed by atoms with E-state index < -0.39 is 11.7 Å². The Bertz CT molecular complexity index is 617. The summed E-state index contributed by atoms with van der Waals surface area (Å²) < 4.78 is 14.8. The van der Waals surface area contributed by atoms with Crippen LogP contribution in [0, 0.1) is 5.82 Å². The highest BCUT2D eigenvalue weighted by molar-refractivity contribution is 6.30. The van der Waals surface area contributed by atoms with Crippen molar-refractivity contribution in [2.45, 2.75) is 13.0 Å². The number of nitrogens with zero attached hydrogens (tertiary/aromatic N) is 3. The number of aliphatic hydroxyl groups excluding tert-OH is 1. The Labute approximate surface area is 119 Å². The molecule has 6 nitrogen and oxygen atoms in total. The van der Waals surface area contributed by atoms with Gasteiger partial charge in [-0.2, -0.15) is 0 Å². The Morgan fingerprint density at radius 1 is 1.50 bits per heavy atom. The van der Waals surface area contributed by atoms with Gasteiger partial charge in [0.1, 0.15) is 12.4 Å². The predicted molar refractivity (Wildman–Crippen MR) is 70.9 cm³/mol. The van der Waals surface area contributed by atoms with E-state index in [1.165, 1.54) is 16.8 Å². The predicted octanol–water partition coefficient (Wildman–Crippen LogP) is 1.24. The minimum atomic E-state index is -0.606. The van der Waals surface area contributed by atoms with Crippen molar-refractivity contribution in [1.29, 1.82) is 0 Å². The van der Waals surface area contributed by atoms with Gasteiger partial charge in [-0.15, -0.1) is 5.10 Å². The van der Waals surface area contributed by atoms with Crippen molar-refractivity contribution >= 4 is 23.2 Å². The zero-order valence-corrected chi connectivity index (χ0v) is 11.1. The number of benzene rings is 1. The highest BCUT2D eigenvalue weighted by Gasteiger charge is 2.09. The van der Waals surface area contributed by atoms with Gasteiger partial charge in [-0.25, -0.2) is 9.07 Å². The van der Waals surface area contributed by atoms with Crippen molar-refractivity contribution in [3.05, 3.63) is 40.9 Å². The first-order valence-electron chi connectivity index (χ1n) is 5.83. The van der Waals surface area contributed by atoms with Gasteiger partial charge in [0.15, 0.2) is 0 Å². The smallest absolute Gasteiger partial charge is 0.246 e. The molecule has 8 heteroatoms. The van der Waals surface area contributed by atoms with E-state index in [0.717, 1.165) is 6.07 Å². The third kappa shape index (κ3) is 3.75. The number of aromatic nitrogens is 3. The van der Waals surface area contributed by atoms with E-state index in [0.29, 0.717) is 12.1 Å². The summed E-state index contributed by atoms with van der Waals surface area (Å²) in [7, 11) is 0. The lowest BCUT2D eigenvalue weighted by molar-refractivity contribution is -0.116. The Hall–Kier alpha value is -1.99. The van der Waals surface area contributed by atoms with Gasteiger partial charge in [-0.05, 0) is 18.2 Å². The quantitative estimate of drug-likeness (QED) is 0.870. The second kappa shape index (κ2) is 6.44. The summed E-state index contributed by atoms with van der Waals surface area (Å²) in [5.74, 6) is -1.04. The number of halogens is 2. The summed E-state index contributed by atoms with van der Waals surface area (Å²) in [6, 6.07) is 3.98. The highest BCUT2D eigenvalue weighted by Crippen LogP contribution is 2.18. The number of anilines is 1. The molecule has 2 N–H and O–H groups in total. The van der Waals surface area contributed by atoms with E-state index in [1.807, 2.05) is 0 Å². The molecule has 0 aliphatic rings. The summed E-state index contributed by atoms with van der Waals surface area (Å²) in [5.41, 5.74) is 0.632. The molecule has 1 aromatic heterocycles. The van der Waals surface area contributed by atoms with Crippen LogP contribution >= 0.6 is 11.6 Å². The molecule has 0 saturated carbocycles. The van der Waals surface area contributed by atoms with E-state index in [9.17, 15) is 9.18 Å². The van der Waals surface area contributed by atoms with Crippen LogP contribution in [0.25, 0.3) is 0 Å².